The fourth-order valence-corrected chi connectivity index (χ4v) is 2.78. The number of esters is 1. The van der Waals surface area contributed by atoms with Crippen molar-refractivity contribution in [3.8, 4) is 0 Å². The van der Waals surface area contributed by atoms with Gasteiger partial charge in [-0.05, 0) is 31.1 Å². The lowest BCUT2D eigenvalue weighted by Crippen LogP contribution is -2.49. The monoisotopic (exact) mass is 366 g/mol. The van der Waals surface area contributed by atoms with Crippen LogP contribution >= 0.6 is 12.2 Å². The Morgan fingerprint density at radius 1 is 1.20 bits per heavy atom. The van der Waals surface area contributed by atoms with Gasteiger partial charge in [0, 0.05) is 23.7 Å². The molecule has 0 aromatic heterocycles. The van der Waals surface area contributed by atoms with Crippen molar-refractivity contribution in [1.29, 1.82) is 0 Å². The van der Waals surface area contributed by atoms with Crippen LogP contribution in [-0.2, 0) is 4.74 Å². The summed E-state index contributed by atoms with van der Waals surface area (Å²) in [6, 6.07) is 3.60. The van der Waals surface area contributed by atoms with Crippen LogP contribution in [0.25, 0.3) is 0 Å². The number of nitro benzene ring substituents is 1. The Hall–Kier alpha value is -2.75. The zero-order valence-electron chi connectivity index (χ0n) is 13.5. The highest BCUT2D eigenvalue weighted by Gasteiger charge is 2.19. The first-order valence-electron chi connectivity index (χ1n) is 7.65. The highest BCUT2D eigenvalue weighted by atomic mass is 32.1. The first kappa shape index (κ1) is 18.6. The number of methoxy groups -OCH3 is 1. The number of non-ortho nitro benzene ring substituents is 1. The third-order valence-corrected chi connectivity index (χ3v) is 4.01. The lowest BCUT2D eigenvalue weighted by Gasteiger charge is -2.16. The van der Waals surface area contributed by atoms with E-state index in [9.17, 15) is 19.7 Å². The summed E-state index contributed by atoms with van der Waals surface area (Å²) in [5.74, 6) is -1.44. The summed E-state index contributed by atoms with van der Waals surface area (Å²) >= 11 is 5.09. The van der Waals surface area contributed by atoms with Crippen LogP contribution in [0.5, 0.6) is 0 Å². The normalized spacial score (nSPS) is 13.8. The zero-order chi connectivity index (χ0) is 18.4. The van der Waals surface area contributed by atoms with E-state index >= 15 is 0 Å². The number of amides is 1. The maximum Gasteiger partial charge on any atom is 0.338 e. The molecule has 2 rings (SSSR count). The summed E-state index contributed by atoms with van der Waals surface area (Å²) < 4.78 is 4.54. The lowest BCUT2D eigenvalue weighted by atomic mass is 10.1. The van der Waals surface area contributed by atoms with Crippen LogP contribution < -0.4 is 16.2 Å². The van der Waals surface area contributed by atoms with Crippen molar-refractivity contribution in [2.24, 2.45) is 0 Å². The molecule has 0 aliphatic heterocycles. The minimum Gasteiger partial charge on any atom is -0.465 e. The van der Waals surface area contributed by atoms with Gasteiger partial charge < -0.3 is 10.1 Å². The number of carbonyl (C=O) groups is 2. The van der Waals surface area contributed by atoms with Gasteiger partial charge in [-0.15, -0.1) is 0 Å². The van der Waals surface area contributed by atoms with Gasteiger partial charge in [0.25, 0.3) is 11.6 Å². The predicted molar refractivity (Wildman–Crippen MR) is 93.0 cm³/mol. The molecular formula is C15H18N4O5S. The van der Waals surface area contributed by atoms with E-state index in [1.807, 2.05) is 0 Å². The van der Waals surface area contributed by atoms with E-state index in [1.165, 1.54) is 6.07 Å². The minimum absolute atomic E-state index is 0.0641. The maximum atomic E-state index is 12.2. The maximum absolute atomic E-state index is 12.2. The molecule has 3 N–H and O–H groups in total. The number of carbonyl (C=O) groups excluding carboxylic acids is 2. The molecule has 0 unspecified atom stereocenters. The van der Waals surface area contributed by atoms with Crippen LogP contribution in [-0.4, -0.2) is 35.1 Å². The van der Waals surface area contributed by atoms with E-state index in [4.69, 9.17) is 12.2 Å². The number of benzene rings is 1. The highest BCUT2D eigenvalue weighted by molar-refractivity contribution is 7.80. The van der Waals surface area contributed by atoms with Gasteiger partial charge in [0.2, 0.25) is 0 Å². The van der Waals surface area contributed by atoms with Crippen LogP contribution in [0.4, 0.5) is 5.69 Å². The summed E-state index contributed by atoms with van der Waals surface area (Å²) in [5.41, 5.74) is 4.37. The Morgan fingerprint density at radius 3 is 2.44 bits per heavy atom. The molecule has 134 valence electrons. The summed E-state index contributed by atoms with van der Waals surface area (Å²) in [4.78, 5) is 34.1. The fourth-order valence-electron chi connectivity index (χ4n) is 2.56. The van der Waals surface area contributed by atoms with Crippen LogP contribution in [0, 0.1) is 10.1 Å². The number of ether oxygens (including phenoxy) is 1. The fraction of sp³-hybridized carbons (Fsp3) is 0.400. The number of hydrazine groups is 1. The van der Waals surface area contributed by atoms with Gasteiger partial charge in [-0.1, -0.05) is 12.8 Å². The SMILES string of the molecule is COC(=O)c1cc(C(=O)NNC(=S)NC2CCCC2)cc([N+](=O)[O-])c1. The molecule has 1 aromatic rings. The van der Waals surface area contributed by atoms with Crippen molar-refractivity contribution in [1.82, 2.24) is 16.2 Å². The lowest BCUT2D eigenvalue weighted by molar-refractivity contribution is -0.384. The van der Waals surface area contributed by atoms with Crippen molar-refractivity contribution in [2.45, 2.75) is 31.7 Å². The largest absolute Gasteiger partial charge is 0.465 e. The number of nitro groups is 1. The van der Waals surface area contributed by atoms with Crippen LogP contribution in [0.1, 0.15) is 46.4 Å². The Morgan fingerprint density at radius 2 is 1.84 bits per heavy atom. The molecule has 0 saturated heterocycles. The van der Waals surface area contributed by atoms with E-state index < -0.39 is 16.8 Å². The van der Waals surface area contributed by atoms with Gasteiger partial charge >= 0.3 is 5.97 Å². The molecule has 9 nitrogen and oxygen atoms in total. The van der Waals surface area contributed by atoms with Crippen LogP contribution in [0.2, 0.25) is 0 Å². The molecule has 10 heteroatoms. The van der Waals surface area contributed by atoms with Gasteiger partial charge in [-0.25, -0.2) is 4.79 Å². The number of nitrogens with one attached hydrogen (secondary N) is 3. The van der Waals surface area contributed by atoms with E-state index in [-0.39, 0.29) is 28.0 Å². The average Bonchev–Trinajstić information content (AvgIpc) is 3.11. The van der Waals surface area contributed by atoms with Crippen molar-refractivity contribution >= 4 is 34.9 Å². The summed E-state index contributed by atoms with van der Waals surface area (Å²) in [7, 11) is 1.15. The molecule has 0 atom stereocenters. The molecule has 0 radical (unpaired) electrons. The smallest absolute Gasteiger partial charge is 0.338 e. The molecule has 0 bridgehead atoms. The second-order valence-corrected chi connectivity index (χ2v) is 5.96. The van der Waals surface area contributed by atoms with Gasteiger partial charge in [-0.3, -0.25) is 25.8 Å². The number of hydrogen-bond acceptors (Lipinski definition) is 6. The highest BCUT2D eigenvalue weighted by Crippen LogP contribution is 2.18. The summed E-state index contributed by atoms with van der Waals surface area (Å²) in [6.45, 7) is 0. The number of hydrogen-bond donors (Lipinski definition) is 3. The topological polar surface area (TPSA) is 123 Å². The third-order valence-electron chi connectivity index (χ3n) is 3.79. The Kier molecular flexibility index (Phi) is 6.23. The predicted octanol–water partition coefficient (Wildman–Crippen LogP) is 1.43. The Labute approximate surface area is 149 Å². The molecular weight excluding hydrogens is 348 g/mol. The average molecular weight is 366 g/mol. The quantitative estimate of drug-likeness (QED) is 0.317. The van der Waals surface area contributed by atoms with Gasteiger partial charge in [0.05, 0.1) is 17.6 Å². The second kappa shape index (κ2) is 8.38. The Balaban J connectivity index is 2.04. The summed E-state index contributed by atoms with van der Waals surface area (Å²) in [5, 5.41) is 14.3. The van der Waals surface area contributed by atoms with Crippen molar-refractivity contribution < 1.29 is 19.2 Å². The molecule has 1 fully saturated rings. The molecule has 1 amide bonds. The van der Waals surface area contributed by atoms with E-state index in [2.05, 4.69) is 20.9 Å². The molecule has 25 heavy (non-hydrogen) atoms. The van der Waals surface area contributed by atoms with Gasteiger partial charge in [0.1, 0.15) is 0 Å². The molecule has 1 aliphatic carbocycles. The standard InChI is InChI=1S/C15H18N4O5S/c1-24-14(21)10-6-9(7-12(8-10)19(22)23)13(20)17-18-15(25)16-11-4-2-3-5-11/h6-8,11H,2-5H2,1H3,(H,17,20)(H2,16,18,25). The van der Waals surface area contributed by atoms with Crippen LogP contribution in [0.3, 0.4) is 0 Å². The first-order chi connectivity index (χ1) is 11.9. The molecule has 1 aliphatic rings. The minimum atomic E-state index is -0.774. The number of rotatable bonds is 4. The number of thiocarbonyl (C=S) groups is 1. The second-order valence-electron chi connectivity index (χ2n) is 5.55. The van der Waals surface area contributed by atoms with E-state index in [0.717, 1.165) is 44.9 Å². The van der Waals surface area contributed by atoms with E-state index in [0.29, 0.717) is 0 Å². The van der Waals surface area contributed by atoms with Gasteiger partial charge in [0.15, 0.2) is 5.11 Å². The first-order valence-corrected chi connectivity index (χ1v) is 8.06. The molecule has 0 spiro atoms. The summed E-state index contributed by atoms with van der Waals surface area (Å²) in [6.07, 6.45) is 4.31. The van der Waals surface area contributed by atoms with Crippen molar-refractivity contribution in [2.75, 3.05) is 7.11 Å². The van der Waals surface area contributed by atoms with Crippen molar-refractivity contribution in [3.05, 3.63) is 39.4 Å². The van der Waals surface area contributed by atoms with E-state index in [1.54, 1.807) is 0 Å². The zero-order valence-corrected chi connectivity index (χ0v) is 14.4. The van der Waals surface area contributed by atoms with Crippen molar-refractivity contribution in [3.63, 3.8) is 0 Å². The molecule has 1 saturated carbocycles. The van der Waals surface area contributed by atoms with Crippen LogP contribution in [0.15, 0.2) is 18.2 Å². The van der Waals surface area contributed by atoms with Gasteiger partial charge in [-0.2, -0.15) is 0 Å². The Bertz CT molecular complexity index is 703. The number of nitrogens with zero attached hydrogens (tertiary/aromatic N) is 1. The molecule has 0 heterocycles. The third kappa shape index (κ3) is 5.11. The molecule has 1 aromatic carbocycles.